The number of pyridine rings is 1. The minimum atomic E-state index is -1.28. The van der Waals surface area contributed by atoms with Gasteiger partial charge in [-0.1, -0.05) is 6.07 Å². The molecule has 0 bridgehead atoms. The lowest BCUT2D eigenvalue weighted by Crippen LogP contribution is -2.34. The molecule has 1 unspecified atom stereocenters. The van der Waals surface area contributed by atoms with Crippen LogP contribution in [0.3, 0.4) is 0 Å². The lowest BCUT2D eigenvalue weighted by molar-refractivity contribution is -0.139. The van der Waals surface area contributed by atoms with Gasteiger partial charge < -0.3 is 10.4 Å². The van der Waals surface area contributed by atoms with Crippen molar-refractivity contribution >= 4 is 11.9 Å². The molecule has 7 nitrogen and oxygen atoms in total. The SMILES string of the molecule is Cn1cc(C(NC(=O)c2cccc(F)n2)C(=O)O)cn1. The Balaban J connectivity index is 2.21. The Labute approximate surface area is 113 Å². The minimum Gasteiger partial charge on any atom is -0.479 e. The zero-order valence-electron chi connectivity index (χ0n) is 10.4. The van der Waals surface area contributed by atoms with Gasteiger partial charge in [-0.3, -0.25) is 9.48 Å². The molecule has 0 aliphatic carbocycles. The summed E-state index contributed by atoms with van der Waals surface area (Å²) >= 11 is 0. The molecule has 0 spiro atoms. The van der Waals surface area contributed by atoms with E-state index < -0.39 is 23.9 Å². The van der Waals surface area contributed by atoms with E-state index in [-0.39, 0.29) is 5.69 Å². The number of nitrogens with one attached hydrogen (secondary N) is 1. The van der Waals surface area contributed by atoms with Crippen molar-refractivity contribution in [2.75, 3.05) is 0 Å². The molecule has 1 atom stereocenters. The number of carbonyl (C=O) groups is 2. The highest BCUT2D eigenvalue weighted by molar-refractivity contribution is 5.95. The predicted octanol–water partition coefficient (Wildman–Crippen LogP) is 0.510. The first-order valence-electron chi connectivity index (χ1n) is 5.62. The Kier molecular flexibility index (Phi) is 3.74. The summed E-state index contributed by atoms with van der Waals surface area (Å²) in [6, 6.07) is 2.42. The maximum atomic E-state index is 12.9. The number of carboxylic acids is 1. The van der Waals surface area contributed by atoms with Crippen LogP contribution in [0.25, 0.3) is 0 Å². The van der Waals surface area contributed by atoms with Crippen molar-refractivity contribution in [3.63, 3.8) is 0 Å². The van der Waals surface area contributed by atoms with E-state index in [1.807, 2.05) is 0 Å². The summed E-state index contributed by atoms with van der Waals surface area (Å²) in [6.07, 6.45) is 2.80. The molecule has 2 aromatic rings. The molecule has 104 valence electrons. The monoisotopic (exact) mass is 278 g/mol. The van der Waals surface area contributed by atoms with E-state index in [0.717, 1.165) is 6.07 Å². The average Bonchev–Trinajstić information content (AvgIpc) is 2.81. The fourth-order valence-corrected chi connectivity index (χ4v) is 1.62. The molecular weight excluding hydrogens is 267 g/mol. The molecule has 2 N–H and O–H groups in total. The molecule has 0 aliphatic rings. The second-order valence-corrected chi connectivity index (χ2v) is 4.04. The Morgan fingerprint density at radius 3 is 2.75 bits per heavy atom. The number of carbonyl (C=O) groups excluding carboxylic acids is 1. The van der Waals surface area contributed by atoms with E-state index in [1.54, 1.807) is 7.05 Å². The van der Waals surface area contributed by atoms with Gasteiger partial charge in [-0.25, -0.2) is 9.78 Å². The van der Waals surface area contributed by atoms with Crippen LogP contribution in [0, 0.1) is 5.95 Å². The van der Waals surface area contributed by atoms with Crippen molar-refractivity contribution in [2.24, 2.45) is 7.05 Å². The van der Waals surface area contributed by atoms with Crippen LogP contribution >= 0.6 is 0 Å². The summed E-state index contributed by atoms with van der Waals surface area (Å²) < 4.78 is 14.3. The van der Waals surface area contributed by atoms with E-state index in [2.05, 4.69) is 15.4 Å². The van der Waals surface area contributed by atoms with Gasteiger partial charge >= 0.3 is 5.97 Å². The van der Waals surface area contributed by atoms with Gasteiger partial charge in [0.2, 0.25) is 5.95 Å². The summed E-state index contributed by atoms with van der Waals surface area (Å²) in [7, 11) is 1.62. The van der Waals surface area contributed by atoms with Crippen LogP contribution in [0.15, 0.2) is 30.6 Å². The van der Waals surface area contributed by atoms with E-state index >= 15 is 0 Å². The van der Waals surface area contributed by atoms with E-state index in [0.29, 0.717) is 5.56 Å². The summed E-state index contributed by atoms with van der Waals surface area (Å²) in [4.78, 5) is 26.4. The highest BCUT2D eigenvalue weighted by Gasteiger charge is 2.24. The van der Waals surface area contributed by atoms with Crippen molar-refractivity contribution in [2.45, 2.75) is 6.04 Å². The zero-order chi connectivity index (χ0) is 14.7. The van der Waals surface area contributed by atoms with Crippen LogP contribution < -0.4 is 5.32 Å². The molecule has 2 aromatic heterocycles. The summed E-state index contributed by atoms with van der Waals surface area (Å²) in [5.74, 6) is -2.84. The summed E-state index contributed by atoms with van der Waals surface area (Å²) in [6.45, 7) is 0. The lowest BCUT2D eigenvalue weighted by atomic mass is 10.1. The minimum absolute atomic E-state index is 0.194. The number of aromatic nitrogens is 3. The first-order chi connectivity index (χ1) is 9.47. The van der Waals surface area contributed by atoms with Gasteiger partial charge in [-0.2, -0.15) is 9.49 Å². The third-order valence-corrected chi connectivity index (χ3v) is 2.53. The number of halogens is 1. The Bertz CT molecular complexity index is 656. The first-order valence-corrected chi connectivity index (χ1v) is 5.62. The average molecular weight is 278 g/mol. The smallest absolute Gasteiger partial charge is 0.331 e. The summed E-state index contributed by atoms with van der Waals surface area (Å²) in [5, 5.41) is 15.2. The maximum absolute atomic E-state index is 12.9. The van der Waals surface area contributed by atoms with Crippen molar-refractivity contribution in [1.82, 2.24) is 20.1 Å². The number of amides is 1. The Morgan fingerprint density at radius 1 is 1.45 bits per heavy atom. The Morgan fingerprint density at radius 2 is 2.20 bits per heavy atom. The number of hydrogen-bond donors (Lipinski definition) is 2. The largest absolute Gasteiger partial charge is 0.479 e. The standard InChI is InChI=1S/C12H11FN4O3/c1-17-6-7(5-14-17)10(12(19)20)16-11(18)8-3-2-4-9(13)15-8/h2-6,10H,1H3,(H,16,18)(H,19,20). The zero-order valence-corrected chi connectivity index (χ0v) is 10.4. The van der Waals surface area contributed by atoms with E-state index in [4.69, 9.17) is 5.11 Å². The van der Waals surface area contributed by atoms with Crippen molar-refractivity contribution in [3.8, 4) is 0 Å². The van der Waals surface area contributed by atoms with Crippen molar-refractivity contribution < 1.29 is 19.1 Å². The van der Waals surface area contributed by atoms with Gasteiger partial charge in [0.1, 0.15) is 5.69 Å². The molecule has 0 saturated heterocycles. The van der Waals surface area contributed by atoms with Crippen LogP contribution in [0.1, 0.15) is 22.1 Å². The molecule has 1 amide bonds. The van der Waals surface area contributed by atoms with Gasteiger partial charge in [0, 0.05) is 18.8 Å². The van der Waals surface area contributed by atoms with Gasteiger partial charge in [-0.05, 0) is 12.1 Å². The summed E-state index contributed by atoms with van der Waals surface area (Å²) in [5.41, 5.74) is 0.116. The number of aliphatic carboxylic acids is 1. The molecule has 0 aliphatic heterocycles. The highest BCUT2D eigenvalue weighted by Crippen LogP contribution is 2.12. The third-order valence-electron chi connectivity index (χ3n) is 2.53. The molecule has 20 heavy (non-hydrogen) atoms. The molecule has 2 rings (SSSR count). The van der Waals surface area contributed by atoms with Gasteiger partial charge in [0.05, 0.1) is 6.20 Å². The quantitative estimate of drug-likeness (QED) is 0.794. The second kappa shape index (κ2) is 5.47. The molecule has 0 fully saturated rings. The molecular formula is C12H11FN4O3. The Hall–Kier alpha value is -2.77. The van der Waals surface area contributed by atoms with Gasteiger partial charge in [0.25, 0.3) is 5.91 Å². The van der Waals surface area contributed by atoms with Crippen LogP contribution in [0.5, 0.6) is 0 Å². The highest BCUT2D eigenvalue weighted by atomic mass is 19.1. The van der Waals surface area contributed by atoms with E-state index in [9.17, 15) is 14.0 Å². The number of carboxylic acid groups (broad SMARTS) is 1. The first kappa shape index (κ1) is 13.7. The number of aryl methyl sites for hydroxylation is 1. The predicted molar refractivity (Wildman–Crippen MR) is 65.2 cm³/mol. The van der Waals surface area contributed by atoms with Crippen LogP contribution in [-0.2, 0) is 11.8 Å². The van der Waals surface area contributed by atoms with Crippen molar-refractivity contribution in [1.29, 1.82) is 0 Å². The third kappa shape index (κ3) is 2.97. The topological polar surface area (TPSA) is 97.1 Å². The number of hydrogen-bond acceptors (Lipinski definition) is 4. The van der Waals surface area contributed by atoms with Gasteiger partial charge in [0.15, 0.2) is 6.04 Å². The fourth-order valence-electron chi connectivity index (χ4n) is 1.62. The second-order valence-electron chi connectivity index (χ2n) is 4.04. The number of rotatable bonds is 4. The number of nitrogens with zero attached hydrogens (tertiary/aromatic N) is 3. The molecule has 8 heteroatoms. The molecule has 2 heterocycles. The van der Waals surface area contributed by atoms with Crippen LogP contribution in [0.4, 0.5) is 4.39 Å². The molecule has 0 radical (unpaired) electrons. The lowest BCUT2D eigenvalue weighted by Gasteiger charge is -2.12. The molecule has 0 saturated carbocycles. The van der Waals surface area contributed by atoms with Gasteiger partial charge in [-0.15, -0.1) is 0 Å². The van der Waals surface area contributed by atoms with Crippen LogP contribution in [-0.4, -0.2) is 31.7 Å². The normalized spacial score (nSPS) is 11.9. The van der Waals surface area contributed by atoms with Crippen molar-refractivity contribution in [3.05, 3.63) is 47.8 Å². The molecule has 0 aromatic carbocycles. The van der Waals surface area contributed by atoms with E-state index in [1.165, 1.54) is 29.2 Å². The maximum Gasteiger partial charge on any atom is 0.331 e. The van der Waals surface area contributed by atoms with Crippen LogP contribution in [0.2, 0.25) is 0 Å². The fraction of sp³-hybridized carbons (Fsp3) is 0.167.